The third kappa shape index (κ3) is 2.35. The van der Waals surface area contributed by atoms with Crippen LogP contribution in [0.25, 0.3) is 0 Å². The van der Waals surface area contributed by atoms with E-state index in [2.05, 4.69) is 10.7 Å². The highest BCUT2D eigenvalue weighted by atomic mass is 16.5. The highest BCUT2D eigenvalue weighted by Crippen LogP contribution is 2.14. The first-order valence-corrected chi connectivity index (χ1v) is 5.84. The molecule has 0 saturated carbocycles. The number of carbonyl (C=O) groups excluding carboxylic acids is 1. The smallest absolute Gasteiger partial charge is 0.245 e. The van der Waals surface area contributed by atoms with E-state index in [-0.39, 0.29) is 17.9 Å². The Balaban J connectivity index is 2.07. The summed E-state index contributed by atoms with van der Waals surface area (Å²) in [6.07, 6.45) is 0. The molecule has 1 amide bonds. The average Bonchev–Trinajstić information content (AvgIpc) is 2.90. The molecule has 1 saturated heterocycles. The van der Waals surface area contributed by atoms with E-state index >= 15 is 0 Å². The maximum atomic E-state index is 12.1. The Morgan fingerprint density at radius 2 is 2.00 bits per heavy atom. The lowest BCUT2D eigenvalue weighted by molar-refractivity contribution is -0.121. The lowest BCUT2D eigenvalue weighted by Crippen LogP contribution is -2.42. The number of hydrogen-bond donors (Lipinski definition) is 2. The van der Waals surface area contributed by atoms with Gasteiger partial charge >= 0.3 is 0 Å². The van der Waals surface area contributed by atoms with Gasteiger partial charge in [-0.1, -0.05) is 0 Å². The van der Waals surface area contributed by atoms with Gasteiger partial charge in [0.25, 0.3) is 0 Å². The SMILES string of the molecule is CNC1COCC1C(=O)Nn1c(C)ccc1C. The number of aryl methyl sites for hydroxylation is 2. The van der Waals surface area contributed by atoms with Crippen molar-refractivity contribution in [1.82, 2.24) is 9.99 Å². The van der Waals surface area contributed by atoms with Crippen LogP contribution in [0.2, 0.25) is 0 Å². The van der Waals surface area contributed by atoms with Crippen LogP contribution in [0.1, 0.15) is 11.4 Å². The molecule has 94 valence electrons. The van der Waals surface area contributed by atoms with E-state index in [9.17, 15) is 4.79 Å². The predicted octanol–water partition coefficient (Wildman–Crippen LogP) is 0.409. The van der Waals surface area contributed by atoms with Crippen molar-refractivity contribution in [3.8, 4) is 0 Å². The molecule has 0 bridgehead atoms. The third-order valence-electron chi connectivity index (χ3n) is 3.28. The van der Waals surface area contributed by atoms with E-state index in [0.29, 0.717) is 13.2 Å². The van der Waals surface area contributed by atoms with Crippen molar-refractivity contribution in [2.24, 2.45) is 5.92 Å². The molecule has 5 heteroatoms. The molecule has 1 aromatic heterocycles. The molecule has 0 aliphatic carbocycles. The van der Waals surface area contributed by atoms with Crippen molar-refractivity contribution in [3.05, 3.63) is 23.5 Å². The summed E-state index contributed by atoms with van der Waals surface area (Å²) in [6, 6.07) is 4.07. The van der Waals surface area contributed by atoms with Gasteiger partial charge in [0.05, 0.1) is 19.1 Å². The molecule has 0 radical (unpaired) electrons. The van der Waals surface area contributed by atoms with Gasteiger partial charge in [-0.3, -0.25) is 14.9 Å². The Morgan fingerprint density at radius 3 is 2.59 bits per heavy atom. The Hall–Kier alpha value is -1.33. The van der Waals surface area contributed by atoms with Gasteiger partial charge in [-0.2, -0.15) is 0 Å². The van der Waals surface area contributed by atoms with Crippen LogP contribution in [0.5, 0.6) is 0 Å². The zero-order chi connectivity index (χ0) is 12.4. The molecular weight excluding hydrogens is 218 g/mol. The fraction of sp³-hybridized carbons (Fsp3) is 0.583. The zero-order valence-corrected chi connectivity index (χ0v) is 10.5. The molecule has 1 fully saturated rings. The first-order valence-electron chi connectivity index (χ1n) is 5.84. The molecule has 2 N–H and O–H groups in total. The average molecular weight is 237 g/mol. The van der Waals surface area contributed by atoms with Crippen LogP contribution in [-0.4, -0.2) is 36.9 Å². The molecule has 2 atom stereocenters. The molecule has 1 aliphatic rings. The molecule has 1 aliphatic heterocycles. The van der Waals surface area contributed by atoms with E-state index in [0.717, 1.165) is 11.4 Å². The largest absolute Gasteiger partial charge is 0.379 e. The summed E-state index contributed by atoms with van der Waals surface area (Å²) in [7, 11) is 1.85. The molecule has 2 unspecified atom stereocenters. The van der Waals surface area contributed by atoms with Gasteiger partial charge in [-0.05, 0) is 33.0 Å². The number of carbonyl (C=O) groups is 1. The second-order valence-electron chi connectivity index (χ2n) is 4.47. The minimum Gasteiger partial charge on any atom is -0.379 e. The van der Waals surface area contributed by atoms with E-state index in [1.54, 1.807) is 0 Å². The number of nitrogens with one attached hydrogen (secondary N) is 2. The molecule has 0 spiro atoms. The lowest BCUT2D eigenvalue weighted by Gasteiger charge is -2.18. The Morgan fingerprint density at radius 1 is 1.35 bits per heavy atom. The van der Waals surface area contributed by atoms with Gasteiger partial charge in [0.1, 0.15) is 0 Å². The van der Waals surface area contributed by atoms with E-state index < -0.39 is 0 Å². The number of ether oxygens (including phenoxy) is 1. The lowest BCUT2D eigenvalue weighted by atomic mass is 10.0. The van der Waals surface area contributed by atoms with Crippen LogP contribution < -0.4 is 10.7 Å². The van der Waals surface area contributed by atoms with Crippen molar-refractivity contribution in [3.63, 3.8) is 0 Å². The van der Waals surface area contributed by atoms with Gasteiger partial charge in [0.15, 0.2) is 0 Å². The minimum absolute atomic E-state index is 0.00394. The molecule has 2 heterocycles. The van der Waals surface area contributed by atoms with E-state index in [4.69, 9.17) is 4.74 Å². The Bertz CT molecular complexity index is 394. The number of hydrogen-bond acceptors (Lipinski definition) is 3. The van der Waals surface area contributed by atoms with Crippen LogP contribution in [0.4, 0.5) is 0 Å². The van der Waals surface area contributed by atoms with Crippen molar-refractivity contribution < 1.29 is 9.53 Å². The number of likely N-dealkylation sites (N-methyl/N-ethyl adjacent to an activating group) is 1. The normalized spacial score (nSPS) is 23.9. The van der Waals surface area contributed by atoms with Gasteiger partial charge < -0.3 is 10.1 Å². The first kappa shape index (κ1) is 12.1. The highest BCUT2D eigenvalue weighted by molar-refractivity contribution is 5.87. The summed E-state index contributed by atoms with van der Waals surface area (Å²) in [5.74, 6) is -0.120. The molecule has 17 heavy (non-hydrogen) atoms. The minimum atomic E-state index is -0.124. The van der Waals surface area contributed by atoms with Crippen molar-refractivity contribution in [2.45, 2.75) is 19.9 Å². The van der Waals surface area contributed by atoms with Gasteiger partial charge in [0.2, 0.25) is 5.91 Å². The van der Waals surface area contributed by atoms with Crippen molar-refractivity contribution >= 4 is 5.91 Å². The highest BCUT2D eigenvalue weighted by Gasteiger charge is 2.33. The number of aromatic nitrogens is 1. The summed E-state index contributed by atoms with van der Waals surface area (Å²) in [5.41, 5.74) is 4.97. The fourth-order valence-electron chi connectivity index (χ4n) is 2.14. The van der Waals surface area contributed by atoms with E-state index in [1.807, 2.05) is 37.7 Å². The second kappa shape index (κ2) is 4.89. The summed E-state index contributed by atoms with van der Waals surface area (Å²) < 4.78 is 7.14. The summed E-state index contributed by atoms with van der Waals surface area (Å²) >= 11 is 0. The van der Waals surface area contributed by atoms with Crippen LogP contribution in [0, 0.1) is 19.8 Å². The number of amides is 1. The quantitative estimate of drug-likeness (QED) is 0.800. The molecule has 1 aromatic rings. The van der Waals surface area contributed by atoms with Gasteiger partial charge in [-0.25, -0.2) is 0 Å². The van der Waals surface area contributed by atoms with Crippen LogP contribution in [-0.2, 0) is 9.53 Å². The van der Waals surface area contributed by atoms with Gasteiger partial charge in [-0.15, -0.1) is 0 Å². The summed E-state index contributed by atoms with van der Waals surface area (Å²) in [5, 5.41) is 3.11. The molecule has 5 nitrogen and oxygen atoms in total. The Kier molecular flexibility index (Phi) is 3.49. The second-order valence-corrected chi connectivity index (χ2v) is 4.47. The van der Waals surface area contributed by atoms with Crippen LogP contribution in [0.15, 0.2) is 12.1 Å². The third-order valence-corrected chi connectivity index (χ3v) is 3.28. The standard InChI is InChI=1S/C12H19N3O2/c1-8-4-5-9(2)15(8)14-12(16)10-6-17-7-11(10)13-3/h4-5,10-11,13H,6-7H2,1-3H3,(H,14,16). The summed E-state index contributed by atoms with van der Waals surface area (Å²) in [4.78, 5) is 12.1. The number of nitrogens with zero attached hydrogens (tertiary/aromatic N) is 1. The zero-order valence-electron chi connectivity index (χ0n) is 10.5. The Labute approximate surface area is 101 Å². The van der Waals surface area contributed by atoms with Crippen LogP contribution >= 0.6 is 0 Å². The molecular formula is C12H19N3O2. The maximum Gasteiger partial charge on any atom is 0.245 e. The van der Waals surface area contributed by atoms with Gasteiger partial charge in [0, 0.05) is 17.4 Å². The van der Waals surface area contributed by atoms with Crippen molar-refractivity contribution in [2.75, 3.05) is 25.7 Å². The fourth-order valence-corrected chi connectivity index (χ4v) is 2.14. The first-order chi connectivity index (χ1) is 8.13. The maximum absolute atomic E-state index is 12.1. The predicted molar refractivity (Wildman–Crippen MR) is 65.4 cm³/mol. The number of rotatable bonds is 3. The molecule has 0 aromatic carbocycles. The topological polar surface area (TPSA) is 55.3 Å². The summed E-state index contributed by atoms with van der Waals surface area (Å²) in [6.45, 7) is 5.01. The van der Waals surface area contributed by atoms with E-state index in [1.165, 1.54) is 0 Å². The molecule has 2 rings (SSSR count). The van der Waals surface area contributed by atoms with Crippen LogP contribution in [0.3, 0.4) is 0 Å². The van der Waals surface area contributed by atoms with Crippen molar-refractivity contribution in [1.29, 1.82) is 0 Å². The monoisotopic (exact) mass is 237 g/mol.